The molecule has 0 bridgehead atoms. The molecule has 1 unspecified atom stereocenters. The lowest BCUT2D eigenvalue weighted by Gasteiger charge is -2.33. The Balaban J connectivity index is 1.68. The van der Waals surface area contributed by atoms with E-state index in [0.29, 0.717) is 18.7 Å². The second-order valence-electron chi connectivity index (χ2n) is 6.45. The van der Waals surface area contributed by atoms with E-state index >= 15 is 0 Å². The first-order chi connectivity index (χ1) is 11.0. The largest absolute Gasteiger partial charge is 0.389 e. The highest BCUT2D eigenvalue weighted by molar-refractivity contribution is 5.94. The van der Waals surface area contributed by atoms with Crippen LogP contribution in [0.15, 0.2) is 30.3 Å². The normalized spacial score (nSPS) is 18.1. The Hall–Kier alpha value is -1.43. The van der Waals surface area contributed by atoms with Gasteiger partial charge in [-0.15, -0.1) is 0 Å². The maximum absolute atomic E-state index is 12.1. The van der Waals surface area contributed by atoms with Gasteiger partial charge in [0.1, 0.15) is 0 Å². The lowest BCUT2D eigenvalue weighted by Crippen LogP contribution is -2.47. The third-order valence-corrected chi connectivity index (χ3v) is 4.05. The summed E-state index contributed by atoms with van der Waals surface area (Å²) in [6.45, 7) is 6.71. The molecule has 2 N–H and O–H groups in total. The van der Waals surface area contributed by atoms with Gasteiger partial charge in [-0.05, 0) is 38.8 Å². The fourth-order valence-corrected chi connectivity index (χ4v) is 2.77. The van der Waals surface area contributed by atoms with Crippen LogP contribution in [-0.4, -0.2) is 60.4 Å². The van der Waals surface area contributed by atoms with Crippen LogP contribution in [0.5, 0.6) is 0 Å². The maximum Gasteiger partial charge on any atom is 0.251 e. The predicted molar refractivity (Wildman–Crippen MR) is 90.5 cm³/mol. The summed E-state index contributed by atoms with van der Waals surface area (Å²) >= 11 is 0. The van der Waals surface area contributed by atoms with Crippen molar-refractivity contribution in [1.29, 1.82) is 0 Å². The lowest BCUT2D eigenvalue weighted by molar-refractivity contribution is -0.0114. The number of rotatable bonds is 7. The number of nitrogens with zero attached hydrogens (tertiary/aromatic N) is 1. The van der Waals surface area contributed by atoms with Gasteiger partial charge in [-0.3, -0.25) is 4.79 Å². The molecule has 5 nitrogen and oxygen atoms in total. The number of carbonyl (C=O) groups excluding carboxylic acids is 1. The number of amides is 1. The number of aliphatic hydroxyl groups is 1. The van der Waals surface area contributed by atoms with Crippen molar-refractivity contribution in [2.45, 2.75) is 44.9 Å². The van der Waals surface area contributed by atoms with Crippen molar-refractivity contribution in [2.24, 2.45) is 0 Å². The van der Waals surface area contributed by atoms with Gasteiger partial charge >= 0.3 is 0 Å². The van der Waals surface area contributed by atoms with Crippen molar-refractivity contribution in [2.75, 3.05) is 26.2 Å². The van der Waals surface area contributed by atoms with Gasteiger partial charge < -0.3 is 20.1 Å². The van der Waals surface area contributed by atoms with Crippen LogP contribution in [0.1, 0.15) is 37.0 Å². The zero-order valence-electron chi connectivity index (χ0n) is 14.1. The van der Waals surface area contributed by atoms with Crippen LogP contribution < -0.4 is 5.32 Å². The first-order valence-corrected chi connectivity index (χ1v) is 8.42. The second kappa shape index (κ2) is 9.01. The van der Waals surface area contributed by atoms with E-state index in [9.17, 15) is 9.90 Å². The van der Waals surface area contributed by atoms with E-state index < -0.39 is 6.10 Å². The summed E-state index contributed by atoms with van der Waals surface area (Å²) in [6.07, 6.45) is 1.52. The number of ether oxygens (including phenoxy) is 1. The summed E-state index contributed by atoms with van der Waals surface area (Å²) in [5, 5.41) is 13.1. The monoisotopic (exact) mass is 320 g/mol. The van der Waals surface area contributed by atoms with Crippen molar-refractivity contribution in [1.82, 2.24) is 10.2 Å². The minimum atomic E-state index is -0.451. The Morgan fingerprint density at radius 2 is 1.96 bits per heavy atom. The Morgan fingerprint density at radius 1 is 1.30 bits per heavy atom. The molecular weight excluding hydrogens is 292 g/mol. The number of carbonyl (C=O) groups is 1. The van der Waals surface area contributed by atoms with Gasteiger partial charge in [0.2, 0.25) is 0 Å². The van der Waals surface area contributed by atoms with E-state index in [2.05, 4.69) is 10.2 Å². The highest BCUT2D eigenvalue weighted by Crippen LogP contribution is 2.12. The Morgan fingerprint density at radius 3 is 2.57 bits per heavy atom. The maximum atomic E-state index is 12.1. The van der Waals surface area contributed by atoms with Crippen LogP contribution >= 0.6 is 0 Å². The van der Waals surface area contributed by atoms with Crippen molar-refractivity contribution in [3.63, 3.8) is 0 Å². The van der Waals surface area contributed by atoms with Gasteiger partial charge in [-0.2, -0.15) is 0 Å². The average molecular weight is 320 g/mol. The number of nitrogens with one attached hydrogen (secondary N) is 1. The summed E-state index contributed by atoms with van der Waals surface area (Å²) in [5.74, 6) is -0.00517. The van der Waals surface area contributed by atoms with Crippen LogP contribution in [0.3, 0.4) is 0 Å². The summed E-state index contributed by atoms with van der Waals surface area (Å²) in [5.41, 5.74) is 0.705. The fourth-order valence-electron chi connectivity index (χ4n) is 2.77. The number of hydrogen-bond donors (Lipinski definition) is 2. The molecular formula is C18H28N2O3. The molecule has 1 heterocycles. The zero-order chi connectivity index (χ0) is 16.7. The molecule has 5 heteroatoms. The first kappa shape index (κ1) is 17.9. The molecule has 0 spiro atoms. The fraction of sp³-hybridized carbons (Fsp3) is 0.611. The molecule has 1 fully saturated rings. The molecule has 1 aromatic rings. The van der Waals surface area contributed by atoms with E-state index in [1.807, 2.05) is 44.2 Å². The first-order valence-electron chi connectivity index (χ1n) is 8.42. The van der Waals surface area contributed by atoms with Crippen LogP contribution in [0.25, 0.3) is 0 Å². The highest BCUT2D eigenvalue weighted by Gasteiger charge is 2.22. The summed E-state index contributed by atoms with van der Waals surface area (Å²) < 4.78 is 5.43. The topological polar surface area (TPSA) is 61.8 Å². The Labute approximate surface area is 138 Å². The minimum Gasteiger partial charge on any atom is -0.389 e. The lowest BCUT2D eigenvalue weighted by atomic mass is 10.0. The highest BCUT2D eigenvalue weighted by atomic mass is 16.5. The Bertz CT molecular complexity index is 470. The molecule has 0 saturated carbocycles. The molecule has 1 amide bonds. The number of piperidine rings is 1. The van der Waals surface area contributed by atoms with Gasteiger partial charge in [0.15, 0.2) is 0 Å². The number of likely N-dealkylation sites (tertiary alicyclic amines) is 1. The second-order valence-corrected chi connectivity index (χ2v) is 6.45. The zero-order valence-corrected chi connectivity index (χ0v) is 14.1. The van der Waals surface area contributed by atoms with E-state index in [1.165, 1.54) is 0 Å². The smallest absolute Gasteiger partial charge is 0.251 e. The quantitative estimate of drug-likeness (QED) is 0.802. The van der Waals surface area contributed by atoms with Gasteiger partial charge in [-0.25, -0.2) is 0 Å². The molecule has 1 aliphatic rings. The summed E-state index contributed by atoms with van der Waals surface area (Å²) in [4.78, 5) is 14.4. The summed E-state index contributed by atoms with van der Waals surface area (Å²) in [6, 6.07) is 9.52. The molecule has 1 aromatic carbocycles. The number of β-amino-alcohol motifs (C(OH)–C–C–N with tert-alkyl or cyclic N) is 1. The molecule has 0 radical (unpaired) electrons. The SMILES string of the molecule is CC(C)OCC(O)CN1CCC(NC(=O)c2ccccc2)CC1. The van der Waals surface area contributed by atoms with Gasteiger partial charge in [0.25, 0.3) is 5.91 Å². The van der Waals surface area contributed by atoms with Gasteiger partial charge in [0, 0.05) is 31.2 Å². The average Bonchev–Trinajstić information content (AvgIpc) is 2.55. The van der Waals surface area contributed by atoms with E-state index in [1.54, 1.807) is 0 Å². The number of benzene rings is 1. The van der Waals surface area contributed by atoms with Crippen LogP contribution in [0, 0.1) is 0 Å². The predicted octanol–water partition coefficient (Wildman–Crippen LogP) is 1.67. The van der Waals surface area contributed by atoms with Crippen molar-refractivity contribution < 1.29 is 14.6 Å². The van der Waals surface area contributed by atoms with E-state index in [4.69, 9.17) is 4.74 Å². The molecule has 0 aliphatic carbocycles. The third kappa shape index (κ3) is 6.29. The third-order valence-electron chi connectivity index (χ3n) is 4.05. The van der Waals surface area contributed by atoms with Crippen LogP contribution in [-0.2, 0) is 4.74 Å². The van der Waals surface area contributed by atoms with Gasteiger partial charge in [-0.1, -0.05) is 18.2 Å². The molecule has 0 aromatic heterocycles. The molecule has 1 atom stereocenters. The van der Waals surface area contributed by atoms with Crippen molar-refractivity contribution >= 4 is 5.91 Å². The Kier molecular flexibility index (Phi) is 7.02. The molecule has 23 heavy (non-hydrogen) atoms. The summed E-state index contributed by atoms with van der Waals surface area (Å²) in [7, 11) is 0. The van der Waals surface area contributed by atoms with Crippen LogP contribution in [0.2, 0.25) is 0 Å². The van der Waals surface area contributed by atoms with Crippen molar-refractivity contribution in [3.8, 4) is 0 Å². The van der Waals surface area contributed by atoms with E-state index in [0.717, 1.165) is 25.9 Å². The van der Waals surface area contributed by atoms with E-state index in [-0.39, 0.29) is 18.1 Å². The number of aliphatic hydroxyl groups excluding tert-OH is 1. The van der Waals surface area contributed by atoms with Gasteiger partial charge in [0.05, 0.1) is 18.8 Å². The molecule has 1 aliphatic heterocycles. The molecule has 128 valence electrons. The van der Waals surface area contributed by atoms with Crippen molar-refractivity contribution in [3.05, 3.63) is 35.9 Å². The molecule has 2 rings (SSSR count). The number of hydrogen-bond acceptors (Lipinski definition) is 4. The standard InChI is InChI=1S/C18H28N2O3/c1-14(2)23-13-17(21)12-20-10-8-16(9-11-20)19-18(22)15-6-4-3-5-7-15/h3-7,14,16-17,21H,8-13H2,1-2H3,(H,19,22). The van der Waals surface area contributed by atoms with Crippen LogP contribution in [0.4, 0.5) is 0 Å². The molecule has 1 saturated heterocycles. The minimum absolute atomic E-state index is 0.00517.